The zero-order valence-corrected chi connectivity index (χ0v) is 23.9. The van der Waals surface area contributed by atoms with Crippen molar-refractivity contribution in [2.75, 3.05) is 57.2 Å². The number of carbonyl (C=O) groups is 1. The first-order valence-electron chi connectivity index (χ1n) is 14.2. The molecule has 216 valence electrons. The Morgan fingerprint density at radius 3 is 2.61 bits per heavy atom. The normalized spacial score (nSPS) is 14.2. The Morgan fingerprint density at radius 1 is 1.02 bits per heavy atom. The summed E-state index contributed by atoms with van der Waals surface area (Å²) >= 11 is 0. The van der Waals surface area contributed by atoms with Gasteiger partial charge in [0.05, 0.1) is 17.7 Å². The van der Waals surface area contributed by atoms with Crippen LogP contribution in [0.3, 0.4) is 0 Å². The van der Waals surface area contributed by atoms with Crippen LogP contribution in [0.2, 0.25) is 0 Å². The van der Waals surface area contributed by atoms with E-state index in [9.17, 15) is 4.79 Å². The standard InChI is InChI=1S/C31H38N6O4/c1-4-36-13-9-22(10-14-36)26-7-6-24(21-34-26)31(38)35-30-19-25(8-12-33-30)41-29-18-23-11-15-37(32-3)27(23)20-28(29)40-17-16-39-5-2/h6-8,11-12,15,18-22,32H,4-5,9-10,13-14,16-17H2,1-3H3,(H,33,35,38). The van der Waals surface area contributed by atoms with E-state index in [-0.39, 0.29) is 5.91 Å². The molecule has 1 fully saturated rings. The van der Waals surface area contributed by atoms with Gasteiger partial charge in [-0.2, -0.15) is 0 Å². The number of benzene rings is 1. The van der Waals surface area contributed by atoms with Gasteiger partial charge in [0.2, 0.25) is 0 Å². The molecule has 4 heterocycles. The third kappa shape index (κ3) is 6.96. The van der Waals surface area contributed by atoms with Crippen LogP contribution in [0, 0.1) is 0 Å². The van der Waals surface area contributed by atoms with Crippen molar-refractivity contribution < 1.29 is 19.0 Å². The maximum Gasteiger partial charge on any atom is 0.258 e. The summed E-state index contributed by atoms with van der Waals surface area (Å²) < 4.78 is 19.6. The SMILES string of the molecule is CCOCCOc1cc2c(ccn2NC)cc1Oc1ccnc(NC(=O)c2ccc(C3CCN(CC)CC3)nc2)c1. The maximum absolute atomic E-state index is 13.0. The average molecular weight is 559 g/mol. The van der Waals surface area contributed by atoms with Crippen molar-refractivity contribution in [1.82, 2.24) is 19.5 Å². The summed E-state index contributed by atoms with van der Waals surface area (Å²) in [5.74, 6) is 2.20. The van der Waals surface area contributed by atoms with Crippen LogP contribution >= 0.6 is 0 Å². The Bertz CT molecular complexity index is 1450. The molecule has 41 heavy (non-hydrogen) atoms. The van der Waals surface area contributed by atoms with Crippen LogP contribution in [0.15, 0.2) is 61.1 Å². The molecular formula is C31H38N6O4. The van der Waals surface area contributed by atoms with E-state index in [1.807, 2.05) is 55.2 Å². The summed E-state index contributed by atoms with van der Waals surface area (Å²) in [5.41, 5.74) is 5.62. The molecule has 1 aliphatic rings. The van der Waals surface area contributed by atoms with E-state index in [0.717, 1.165) is 49.1 Å². The Hall–Kier alpha value is -4.15. The van der Waals surface area contributed by atoms with E-state index >= 15 is 0 Å². The second-order valence-electron chi connectivity index (χ2n) is 9.93. The van der Waals surface area contributed by atoms with Gasteiger partial charge >= 0.3 is 0 Å². The molecule has 3 aromatic heterocycles. The maximum atomic E-state index is 13.0. The minimum Gasteiger partial charge on any atom is -0.487 e. The fourth-order valence-electron chi connectivity index (χ4n) is 5.07. The average Bonchev–Trinajstić information content (AvgIpc) is 3.41. The van der Waals surface area contributed by atoms with Crippen molar-refractivity contribution in [3.8, 4) is 17.2 Å². The summed E-state index contributed by atoms with van der Waals surface area (Å²) in [6.45, 7) is 8.89. The largest absolute Gasteiger partial charge is 0.487 e. The molecule has 4 aromatic rings. The van der Waals surface area contributed by atoms with E-state index < -0.39 is 0 Å². The van der Waals surface area contributed by atoms with Gasteiger partial charge in [-0.15, -0.1) is 0 Å². The monoisotopic (exact) mass is 558 g/mol. The van der Waals surface area contributed by atoms with Crippen molar-refractivity contribution in [3.05, 3.63) is 72.3 Å². The number of hydrogen-bond acceptors (Lipinski definition) is 8. The van der Waals surface area contributed by atoms with Gasteiger partial charge < -0.3 is 29.9 Å². The summed E-state index contributed by atoms with van der Waals surface area (Å²) in [6.07, 6.45) is 7.37. The highest BCUT2D eigenvalue weighted by Gasteiger charge is 2.21. The molecule has 1 amide bonds. The number of anilines is 1. The number of hydrogen-bond donors (Lipinski definition) is 2. The molecule has 0 radical (unpaired) electrons. The lowest BCUT2D eigenvalue weighted by Gasteiger charge is -2.30. The quantitative estimate of drug-likeness (QED) is 0.227. The Morgan fingerprint density at radius 2 is 1.88 bits per heavy atom. The fraction of sp³-hybridized carbons (Fsp3) is 0.387. The van der Waals surface area contributed by atoms with Gasteiger partial charge in [-0.3, -0.25) is 14.5 Å². The smallest absolute Gasteiger partial charge is 0.258 e. The number of fused-ring (bicyclic) bond motifs is 1. The second kappa shape index (κ2) is 13.5. The van der Waals surface area contributed by atoms with E-state index in [4.69, 9.17) is 14.2 Å². The summed E-state index contributed by atoms with van der Waals surface area (Å²) in [4.78, 5) is 24.4. The molecule has 0 bridgehead atoms. The van der Waals surface area contributed by atoms with E-state index in [1.54, 1.807) is 24.5 Å². The molecular weight excluding hydrogens is 520 g/mol. The lowest BCUT2D eigenvalue weighted by atomic mass is 9.93. The molecule has 10 nitrogen and oxygen atoms in total. The molecule has 10 heteroatoms. The molecule has 5 rings (SSSR count). The van der Waals surface area contributed by atoms with Gasteiger partial charge in [0.25, 0.3) is 5.91 Å². The fourth-order valence-corrected chi connectivity index (χ4v) is 5.07. The third-order valence-electron chi connectivity index (χ3n) is 7.39. The number of pyridine rings is 2. The first-order chi connectivity index (χ1) is 20.1. The molecule has 0 atom stereocenters. The molecule has 1 aliphatic heterocycles. The lowest BCUT2D eigenvalue weighted by Crippen LogP contribution is -2.32. The van der Waals surface area contributed by atoms with Gasteiger partial charge in [-0.25, -0.2) is 4.98 Å². The van der Waals surface area contributed by atoms with Crippen LogP contribution in [0.5, 0.6) is 17.2 Å². The van der Waals surface area contributed by atoms with Crippen LogP contribution < -0.4 is 20.2 Å². The Kier molecular flexibility index (Phi) is 9.33. The van der Waals surface area contributed by atoms with Crippen LogP contribution in [-0.4, -0.2) is 72.0 Å². The Labute approximate surface area is 240 Å². The highest BCUT2D eigenvalue weighted by Crippen LogP contribution is 2.36. The number of ether oxygens (including phenoxy) is 3. The van der Waals surface area contributed by atoms with Crippen LogP contribution in [0.25, 0.3) is 10.9 Å². The van der Waals surface area contributed by atoms with Crippen molar-refractivity contribution >= 4 is 22.6 Å². The summed E-state index contributed by atoms with van der Waals surface area (Å²) in [7, 11) is 1.85. The van der Waals surface area contributed by atoms with Crippen LogP contribution in [0.4, 0.5) is 5.82 Å². The highest BCUT2D eigenvalue weighted by atomic mass is 16.5. The molecule has 1 aromatic carbocycles. The van der Waals surface area contributed by atoms with Gasteiger partial charge in [0, 0.05) is 61.4 Å². The molecule has 0 aliphatic carbocycles. The summed E-state index contributed by atoms with van der Waals surface area (Å²) in [6, 6.07) is 13.1. The predicted molar refractivity (Wildman–Crippen MR) is 160 cm³/mol. The van der Waals surface area contributed by atoms with Gasteiger partial charge in [-0.05, 0) is 69.7 Å². The molecule has 0 spiro atoms. The third-order valence-corrected chi connectivity index (χ3v) is 7.39. The van der Waals surface area contributed by atoms with E-state index in [2.05, 4.69) is 32.5 Å². The highest BCUT2D eigenvalue weighted by molar-refractivity contribution is 6.03. The van der Waals surface area contributed by atoms with Gasteiger partial charge in [-0.1, -0.05) is 6.92 Å². The topological polar surface area (TPSA) is 103 Å². The molecule has 1 saturated heterocycles. The minimum atomic E-state index is -0.274. The number of nitrogens with zero attached hydrogens (tertiary/aromatic N) is 4. The zero-order valence-electron chi connectivity index (χ0n) is 23.9. The van der Waals surface area contributed by atoms with Crippen molar-refractivity contribution in [2.45, 2.75) is 32.6 Å². The number of likely N-dealkylation sites (tertiary alicyclic amines) is 1. The van der Waals surface area contributed by atoms with Crippen LogP contribution in [-0.2, 0) is 4.74 Å². The predicted octanol–water partition coefficient (Wildman–Crippen LogP) is 5.26. The van der Waals surface area contributed by atoms with Gasteiger partial charge in [0.1, 0.15) is 18.2 Å². The number of nitrogens with one attached hydrogen (secondary N) is 2. The number of piperidine rings is 1. The molecule has 0 saturated carbocycles. The zero-order chi connectivity index (χ0) is 28.6. The minimum absolute atomic E-state index is 0.274. The lowest BCUT2D eigenvalue weighted by molar-refractivity contribution is 0.102. The first kappa shape index (κ1) is 28.4. The molecule has 2 N–H and O–H groups in total. The van der Waals surface area contributed by atoms with Crippen molar-refractivity contribution in [2.24, 2.45) is 0 Å². The van der Waals surface area contributed by atoms with E-state index in [0.29, 0.717) is 54.4 Å². The number of carbonyl (C=O) groups excluding carboxylic acids is 1. The first-order valence-corrected chi connectivity index (χ1v) is 14.2. The molecule has 0 unspecified atom stereocenters. The Balaban J connectivity index is 1.27. The van der Waals surface area contributed by atoms with Crippen LogP contribution in [0.1, 0.15) is 48.7 Å². The number of rotatable bonds is 12. The van der Waals surface area contributed by atoms with Gasteiger partial charge in [0.15, 0.2) is 11.5 Å². The number of aromatic nitrogens is 3. The van der Waals surface area contributed by atoms with E-state index in [1.165, 1.54) is 0 Å². The van der Waals surface area contributed by atoms with Crippen molar-refractivity contribution in [3.63, 3.8) is 0 Å². The number of amides is 1. The summed E-state index contributed by atoms with van der Waals surface area (Å²) in [5, 5.41) is 3.85. The van der Waals surface area contributed by atoms with Crippen molar-refractivity contribution in [1.29, 1.82) is 0 Å². The second-order valence-corrected chi connectivity index (χ2v) is 9.93.